The monoisotopic (exact) mass is 328 g/mol. The smallest absolute Gasteiger partial charge is 0.341 e. The van der Waals surface area contributed by atoms with Crippen molar-refractivity contribution < 1.29 is 13.9 Å². The Morgan fingerprint density at radius 1 is 1.08 bits per heavy atom. The Morgan fingerprint density at radius 3 is 2.33 bits per heavy atom. The summed E-state index contributed by atoms with van der Waals surface area (Å²) in [5, 5.41) is 0. The zero-order chi connectivity index (χ0) is 16.9. The second kappa shape index (κ2) is 7.64. The Hall–Kier alpha value is -2.11. The van der Waals surface area contributed by atoms with Crippen LogP contribution >= 0.6 is 0 Å². The molecule has 0 amide bonds. The lowest BCUT2D eigenvalue weighted by Gasteiger charge is -2.34. The van der Waals surface area contributed by atoms with Gasteiger partial charge in [0, 0.05) is 32.7 Å². The highest BCUT2D eigenvalue weighted by Gasteiger charge is 2.20. The van der Waals surface area contributed by atoms with Crippen LogP contribution in [0.3, 0.4) is 0 Å². The van der Waals surface area contributed by atoms with Gasteiger partial charge in [-0.2, -0.15) is 0 Å². The summed E-state index contributed by atoms with van der Waals surface area (Å²) in [6, 6.07) is 12.4. The number of piperazine rings is 1. The molecule has 1 aromatic carbocycles. The minimum atomic E-state index is -0.338. The van der Waals surface area contributed by atoms with Gasteiger partial charge in [0.05, 0.1) is 13.7 Å². The predicted octanol–water partition coefficient (Wildman–Crippen LogP) is 2.69. The number of esters is 1. The summed E-state index contributed by atoms with van der Waals surface area (Å²) in [6.07, 6.45) is 0. The number of carbonyl (C=O) groups is 1. The maximum Gasteiger partial charge on any atom is 0.341 e. The lowest BCUT2D eigenvalue weighted by molar-refractivity contribution is 0.0599. The van der Waals surface area contributed by atoms with E-state index >= 15 is 0 Å². The summed E-state index contributed by atoms with van der Waals surface area (Å²) < 4.78 is 10.5. The van der Waals surface area contributed by atoms with Gasteiger partial charge in [0.15, 0.2) is 0 Å². The van der Waals surface area contributed by atoms with Crippen LogP contribution in [0.15, 0.2) is 40.8 Å². The fourth-order valence-electron chi connectivity index (χ4n) is 3.10. The van der Waals surface area contributed by atoms with E-state index in [9.17, 15) is 4.79 Å². The number of rotatable bonds is 5. The normalized spacial score (nSPS) is 16.2. The molecule has 5 nitrogen and oxygen atoms in total. The third-order valence-electron chi connectivity index (χ3n) is 4.47. The van der Waals surface area contributed by atoms with Gasteiger partial charge in [-0.3, -0.25) is 9.80 Å². The summed E-state index contributed by atoms with van der Waals surface area (Å²) in [7, 11) is 1.39. The molecule has 0 saturated carbocycles. The van der Waals surface area contributed by atoms with Crippen LogP contribution in [0.2, 0.25) is 0 Å². The van der Waals surface area contributed by atoms with Crippen LogP contribution in [0.1, 0.15) is 27.4 Å². The van der Waals surface area contributed by atoms with Gasteiger partial charge in [-0.1, -0.05) is 30.3 Å². The van der Waals surface area contributed by atoms with E-state index in [0.29, 0.717) is 11.3 Å². The number of nitrogens with zero attached hydrogens (tertiary/aromatic N) is 2. The average molecular weight is 328 g/mol. The highest BCUT2D eigenvalue weighted by Crippen LogP contribution is 2.18. The van der Waals surface area contributed by atoms with Crippen molar-refractivity contribution in [1.29, 1.82) is 0 Å². The van der Waals surface area contributed by atoms with E-state index in [2.05, 4.69) is 40.1 Å². The van der Waals surface area contributed by atoms with Crippen molar-refractivity contribution in [2.24, 2.45) is 0 Å². The molecule has 0 atom stereocenters. The second-order valence-electron chi connectivity index (χ2n) is 6.21. The number of hydrogen-bond acceptors (Lipinski definition) is 5. The molecule has 2 heterocycles. The summed E-state index contributed by atoms with van der Waals surface area (Å²) in [5.41, 5.74) is 1.88. The van der Waals surface area contributed by atoms with Crippen LogP contribution in [-0.2, 0) is 17.8 Å². The van der Waals surface area contributed by atoms with E-state index in [4.69, 9.17) is 9.15 Å². The lowest BCUT2D eigenvalue weighted by atomic mass is 10.2. The maximum absolute atomic E-state index is 11.7. The van der Waals surface area contributed by atoms with E-state index in [0.717, 1.165) is 45.0 Å². The zero-order valence-electron chi connectivity index (χ0n) is 14.3. The van der Waals surface area contributed by atoms with Crippen molar-refractivity contribution in [3.05, 3.63) is 59.0 Å². The Labute approximate surface area is 142 Å². The molecule has 0 N–H and O–H groups in total. The number of aryl methyl sites for hydroxylation is 1. The van der Waals surface area contributed by atoms with Crippen LogP contribution in [0.5, 0.6) is 0 Å². The fourth-order valence-corrected chi connectivity index (χ4v) is 3.10. The number of ether oxygens (including phenoxy) is 1. The van der Waals surface area contributed by atoms with E-state index in [1.165, 1.54) is 12.7 Å². The van der Waals surface area contributed by atoms with Gasteiger partial charge in [-0.05, 0) is 18.6 Å². The molecule has 5 heteroatoms. The maximum atomic E-state index is 11.7. The lowest BCUT2D eigenvalue weighted by Crippen LogP contribution is -2.45. The van der Waals surface area contributed by atoms with E-state index in [1.54, 1.807) is 13.0 Å². The van der Waals surface area contributed by atoms with Gasteiger partial charge < -0.3 is 9.15 Å². The molecular weight excluding hydrogens is 304 g/mol. The van der Waals surface area contributed by atoms with E-state index in [-0.39, 0.29) is 5.97 Å². The molecule has 1 aromatic heterocycles. The van der Waals surface area contributed by atoms with Crippen molar-refractivity contribution in [1.82, 2.24) is 9.80 Å². The minimum absolute atomic E-state index is 0.338. The summed E-state index contributed by atoms with van der Waals surface area (Å²) in [5.74, 6) is 1.11. The van der Waals surface area contributed by atoms with Crippen LogP contribution in [-0.4, -0.2) is 49.1 Å². The molecule has 1 saturated heterocycles. The molecule has 1 aliphatic heterocycles. The summed E-state index contributed by atoms with van der Waals surface area (Å²) in [6.45, 7) is 7.61. The molecule has 1 aliphatic rings. The first-order valence-corrected chi connectivity index (χ1v) is 8.32. The molecular formula is C19H24N2O3. The molecule has 0 aliphatic carbocycles. The molecule has 24 heavy (non-hydrogen) atoms. The molecule has 128 valence electrons. The van der Waals surface area contributed by atoms with Gasteiger partial charge in [0.2, 0.25) is 0 Å². The SMILES string of the molecule is COC(=O)c1cc(CN2CCN(Cc3ccccc3)CC2)oc1C. The predicted molar refractivity (Wildman–Crippen MR) is 91.8 cm³/mol. The summed E-state index contributed by atoms with van der Waals surface area (Å²) >= 11 is 0. The topological polar surface area (TPSA) is 45.9 Å². The van der Waals surface area contributed by atoms with Crippen LogP contribution in [0.4, 0.5) is 0 Å². The molecule has 3 rings (SSSR count). The van der Waals surface area contributed by atoms with Gasteiger partial charge in [-0.25, -0.2) is 4.79 Å². The number of carbonyl (C=O) groups excluding carboxylic acids is 1. The number of benzene rings is 1. The molecule has 1 fully saturated rings. The first-order chi connectivity index (χ1) is 11.7. The molecule has 0 spiro atoms. The van der Waals surface area contributed by atoms with Gasteiger partial charge in [0.25, 0.3) is 0 Å². The Bertz CT molecular complexity index is 673. The van der Waals surface area contributed by atoms with Crippen molar-refractivity contribution in [3.63, 3.8) is 0 Å². The van der Waals surface area contributed by atoms with Crippen LogP contribution < -0.4 is 0 Å². The third-order valence-corrected chi connectivity index (χ3v) is 4.47. The van der Waals surface area contributed by atoms with Gasteiger partial charge in [-0.15, -0.1) is 0 Å². The minimum Gasteiger partial charge on any atom is -0.465 e. The fraction of sp³-hybridized carbons (Fsp3) is 0.421. The van der Waals surface area contributed by atoms with Crippen LogP contribution in [0.25, 0.3) is 0 Å². The molecule has 0 unspecified atom stereocenters. The number of furan rings is 1. The van der Waals surface area contributed by atoms with Crippen LogP contribution in [0, 0.1) is 6.92 Å². The zero-order valence-corrected chi connectivity index (χ0v) is 14.3. The van der Waals surface area contributed by atoms with Crippen molar-refractivity contribution in [3.8, 4) is 0 Å². The quantitative estimate of drug-likeness (QED) is 0.790. The highest BCUT2D eigenvalue weighted by molar-refractivity contribution is 5.90. The Kier molecular flexibility index (Phi) is 5.33. The first kappa shape index (κ1) is 16.7. The standard InChI is InChI=1S/C19H24N2O3/c1-15-18(19(22)23-2)12-17(24-15)14-21-10-8-20(9-11-21)13-16-6-4-3-5-7-16/h3-7,12H,8-11,13-14H2,1-2H3. The van der Waals surface area contributed by atoms with Gasteiger partial charge in [0.1, 0.15) is 17.1 Å². The molecule has 0 bridgehead atoms. The highest BCUT2D eigenvalue weighted by atomic mass is 16.5. The third kappa shape index (κ3) is 4.04. The van der Waals surface area contributed by atoms with Crippen molar-refractivity contribution in [2.45, 2.75) is 20.0 Å². The average Bonchev–Trinajstić information content (AvgIpc) is 2.97. The Balaban J connectivity index is 1.51. The summed E-state index contributed by atoms with van der Waals surface area (Å²) in [4.78, 5) is 16.5. The second-order valence-corrected chi connectivity index (χ2v) is 6.21. The Morgan fingerprint density at radius 2 is 1.71 bits per heavy atom. The van der Waals surface area contributed by atoms with E-state index < -0.39 is 0 Å². The molecule has 2 aromatic rings. The van der Waals surface area contributed by atoms with E-state index in [1.807, 2.05) is 0 Å². The van der Waals surface area contributed by atoms with Gasteiger partial charge >= 0.3 is 5.97 Å². The number of methoxy groups -OCH3 is 1. The molecule has 0 radical (unpaired) electrons. The number of hydrogen-bond donors (Lipinski definition) is 0. The largest absolute Gasteiger partial charge is 0.465 e. The first-order valence-electron chi connectivity index (χ1n) is 8.32. The van der Waals surface area contributed by atoms with Crippen molar-refractivity contribution in [2.75, 3.05) is 33.3 Å². The van der Waals surface area contributed by atoms with Crippen molar-refractivity contribution >= 4 is 5.97 Å².